The van der Waals surface area contributed by atoms with Gasteiger partial charge >= 0.3 is 0 Å². The summed E-state index contributed by atoms with van der Waals surface area (Å²) in [4.78, 5) is 0. The summed E-state index contributed by atoms with van der Waals surface area (Å²) >= 11 is 0. The molecule has 0 aromatic carbocycles. The van der Waals surface area contributed by atoms with Gasteiger partial charge in [0.05, 0.1) is 0 Å². The van der Waals surface area contributed by atoms with E-state index in [1.54, 1.807) is 0 Å². The van der Waals surface area contributed by atoms with Crippen LogP contribution in [0, 0.1) is 11.3 Å². The van der Waals surface area contributed by atoms with Crippen molar-refractivity contribution in [2.45, 2.75) is 59.8 Å². The highest BCUT2D eigenvalue weighted by molar-refractivity contribution is 5.05. The molecular formula is C16H30O. The van der Waals surface area contributed by atoms with Gasteiger partial charge in [0.25, 0.3) is 0 Å². The lowest BCUT2D eigenvalue weighted by atomic mass is 9.80. The Hall–Kier alpha value is -0.560. The third-order valence-corrected chi connectivity index (χ3v) is 2.96. The molecule has 0 bridgehead atoms. The van der Waals surface area contributed by atoms with Gasteiger partial charge in [0, 0.05) is 6.61 Å². The van der Waals surface area contributed by atoms with Gasteiger partial charge in [-0.3, -0.25) is 0 Å². The smallest absolute Gasteiger partial charge is 0.0465 e. The van der Waals surface area contributed by atoms with E-state index in [1.165, 1.54) is 25.7 Å². The van der Waals surface area contributed by atoms with Crippen LogP contribution in [0.5, 0.6) is 0 Å². The van der Waals surface area contributed by atoms with E-state index >= 15 is 0 Å². The van der Waals surface area contributed by atoms with E-state index in [4.69, 9.17) is 5.11 Å². The Labute approximate surface area is 108 Å². The third kappa shape index (κ3) is 9.17. The molecule has 0 radical (unpaired) electrons. The molecule has 17 heavy (non-hydrogen) atoms. The van der Waals surface area contributed by atoms with Gasteiger partial charge in [-0.15, -0.1) is 0 Å². The van der Waals surface area contributed by atoms with E-state index in [0.717, 1.165) is 6.42 Å². The molecule has 0 saturated heterocycles. The number of aliphatic hydroxyl groups is 1. The Morgan fingerprint density at radius 2 is 1.59 bits per heavy atom. The second kappa shape index (κ2) is 9.47. The quantitative estimate of drug-likeness (QED) is 0.479. The fourth-order valence-corrected chi connectivity index (χ4v) is 1.71. The van der Waals surface area contributed by atoms with Crippen molar-refractivity contribution in [3.05, 3.63) is 24.3 Å². The first kappa shape index (κ1) is 16.4. The minimum absolute atomic E-state index is 0.244. The molecule has 1 atom stereocenters. The summed E-state index contributed by atoms with van der Waals surface area (Å²) in [6, 6.07) is 0. The standard InChI is InChI=1S/C16H30O/c1-5-6-7-8-9-12-15(16(2,3)4)13-10-11-14-17/h9-10,12-13,15,17H,5-8,11,14H2,1-4H3/b12-9-,13-10-/t15-/m1/s1. The summed E-state index contributed by atoms with van der Waals surface area (Å²) in [6.45, 7) is 9.26. The van der Waals surface area contributed by atoms with Crippen molar-refractivity contribution in [1.29, 1.82) is 0 Å². The number of hydrogen-bond donors (Lipinski definition) is 1. The Kier molecular flexibility index (Phi) is 9.16. The average molecular weight is 238 g/mol. The first-order chi connectivity index (χ1) is 8.02. The van der Waals surface area contributed by atoms with E-state index in [9.17, 15) is 0 Å². The minimum atomic E-state index is 0.244. The molecule has 0 unspecified atom stereocenters. The van der Waals surface area contributed by atoms with E-state index < -0.39 is 0 Å². The van der Waals surface area contributed by atoms with Gasteiger partial charge in [-0.2, -0.15) is 0 Å². The van der Waals surface area contributed by atoms with Crippen molar-refractivity contribution in [2.24, 2.45) is 11.3 Å². The van der Waals surface area contributed by atoms with Gasteiger partial charge in [-0.05, 0) is 30.6 Å². The Morgan fingerprint density at radius 3 is 2.06 bits per heavy atom. The van der Waals surface area contributed by atoms with Crippen LogP contribution < -0.4 is 0 Å². The lowest BCUT2D eigenvalue weighted by molar-refractivity contribution is 0.301. The van der Waals surface area contributed by atoms with Crippen LogP contribution in [0.4, 0.5) is 0 Å². The van der Waals surface area contributed by atoms with E-state index in [2.05, 4.69) is 52.0 Å². The highest BCUT2D eigenvalue weighted by atomic mass is 16.2. The van der Waals surface area contributed by atoms with Gasteiger partial charge in [0.1, 0.15) is 0 Å². The van der Waals surface area contributed by atoms with Crippen LogP contribution in [-0.2, 0) is 0 Å². The number of allylic oxidation sites excluding steroid dienone is 3. The summed E-state index contributed by atoms with van der Waals surface area (Å²) < 4.78 is 0. The summed E-state index contributed by atoms with van der Waals surface area (Å²) in [7, 11) is 0. The largest absolute Gasteiger partial charge is 0.396 e. The van der Waals surface area contributed by atoms with Crippen molar-refractivity contribution < 1.29 is 5.11 Å². The molecule has 1 N–H and O–H groups in total. The molecule has 0 aliphatic carbocycles. The van der Waals surface area contributed by atoms with Crippen molar-refractivity contribution in [3.63, 3.8) is 0 Å². The maximum Gasteiger partial charge on any atom is 0.0465 e. The second-order valence-corrected chi connectivity index (χ2v) is 5.76. The van der Waals surface area contributed by atoms with E-state index in [1.807, 2.05) is 0 Å². The molecule has 0 spiro atoms. The Bertz CT molecular complexity index is 220. The zero-order valence-corrected chi connectivity index (χ0v) is 12.1. The van der Waals surface area contributed by atoms with Gasteiger partial charge in [-0.25, -0.2) is 0 Å². The van der Waals surface area contributed by atoms with Gasteiger partial charge in [-0.1, -0.05) is 64.8 Å². The molecule has 0 rings (SSSR count). The average Bonchev–Trinajstić information content (AvgIpc) is 2.25. The third-order valence-electron chi connectivity index (χ3n) is 2.96. The summed E-state index contributed by atoms with van der Waals surface area (Å²) in [6.07, 6.45) is 14.8. The molecule has 0 heterocycles. The Balaban J connectivity index is 4.20. The van der Waals surface area contributed by atoms with Crippen molar-refractivity contribution in [1.82, 2.24) is 0 Å². The highest BCUT2D eigenvalue weighted by Crippen LogP contribution is 2.28. The zero-order chi connectivity index (χ0) is 13.1. The van der Waals surface area contributed by atoms with Crippen LogP contribution in [-0.4, -0.2) is 11.7 Å². The summed E-state index contributed by atoms with van der Waals surface area (Å²) in [5, 5.41) is 8.79. The predicted molar refractivity (Wildman–Crippen MR) is 77.1 cm³/mol. The van der Waals surface area contributed by atoms with E-state index in [0.29, 0.717) is 5.92 Å². The molecule has 0 aromatic rings. The van der Waals surface area contributed by atoms with Crippen molar-refractivity contribution in [2.75, 3.05) is 6.61 Å². The molecule has 1 nitrogen and oxygen atoms in total. The molecule has 1 heteroatoms. The van der Waals surface area contributed by atoms with Crippen LogP contribution in [0.15, 0.2) is 24.3 Å². The van der Waals surface area contributed by atoms with Crippen LogP contribution >= 0.6 is 0 Å². The van der Waals surface area contributed by atoms with Crippen molar-refractivity contribution in [3.8, 4) is 0 Å². The zero-order valence-electron chi connectivity index (χ0n) is 12.1. The molecule has 0 saturated carbocycles. The number of hydrogen-bond acceptors (Lipinski definition) is 1. The number of unbranched alkanes of at least 4 members (excludes halogenated alkanes) is 3. The number of rotatable bonds is 8. The molecular weight excluding hydrogens is 208 g/mol. The van der Waals surface area contributed by atoms with Crippen LogP contribution in [0.1, 0.15) is 59.8 Å². The molecule has 100 valence electrons. The first-order valence-electron chi connectivity index (χ1n) is 6.96. The van der Waals surface area contributed by atoms with Gasteiger partial charge in [0.2, 0.25) is 0 Å². The molecule has 0 aliphatic rings. The van der Waals surface area contributed by atoms with Gasteiger partial charge < -0.3 is 5.11 Å². The molecule has 0 amide bonds. The monoisotopic (exact) mass is 238 g/mol. The molecule has 0 aromatic heterocycles. The van der Waals surface area contributed by atoms with E-state index in [-0.39, 0.29) is 12.0 Å². The SMILES string of the molecule is CCCCC/C=C\[C@H](/C=C\CCO)C(C)(C)C. The maximum atomic E-state index is 8.79. The fraction of sp³-hybridized carbons (Fsp3) is 0.750. The minimum Gasteiger partial charge on any atom is -0.396 e. The topological polar surface area (TPSA) is 20.2 Å². The second-order valence-electron chi connectivity index (χ2n) is 5.76. The Morgan fingerprint density at radius 1 is 1.00 bits per heavy atom. The van der Waals surface area contributed by atoms with Crippen LogP contribution in [0.3, 0.4) is 0 Å². The summed E-state index contributed by atoms with van der Waals surface area (Å²) in [5.74, 6) is 0.468. The van der Waals surface area contributed by atoms with Crippen LogP contribution in [0.2, 0.25) is 0 Å². The van der Waals surface area contributed by atoms with Crippen LogP contribution in [0.25, 0.3) is 0 Å². The fourth-order valence-electron chi connectivity index (χ4n) is 1.71. The normalized spacial score (nSPS) is 14.9. The summed E-state index contributed by atoms with van der Waals surface area (Å²) in [5.41, 5.74) is 0.257. The lowest BCUT2D eigenvalue weighted by Gasteiger charge is -2.25. The predicted octanol–water partition coefficient (Wildman–Crippen LogP) is 4.72. The maximum absolute atomic E-state index is 8.79. The molecule has 0 aliphatic heterocycles. The lowest BCUT2D eigenvalue weighted by Crippen LogP contribution is -2.16. The highest BCUT2D eigenvalue weighted by Gasteiger charge is 2.18. The molecule has 0 fully saturated rings. The van der Waals surface area contributed by atoms with Crippen molar-refractivity contribution >= 4 is 0 Å². The first-order valence-corrected chi connectivity index (χ1v) is 6.96. The van der Waals surface area contributed by atoms with Gasteiger partial charge in [0.15, 0.2) is 0 Å². The number of aliphatic hydroxyl groups excluding tert-OH is 1.